The molecule has 1 saturated heterocycles. The smallest absolute Gasteiger partial charge is 0.251 e. The van der Waals surface area contributed by atoms with E-state index in [4.69, 9.17) is 10.5 Å². The van der Waals surface area contributed by atoms with Crippen molar-refractivity contribution in [3.8, 4) is 0 Å². The van der Waals surface area contributed by atoms with Crippen molar-refractivity contribution >= 4 is 28.3 Å². The largest absolute Gasteiger partial charge is 0.379 e. The number of halogens is 1. The Balaban J connectivity index is 0.00000392. The summed E-state index contributed by atoms with van der Waals surface area (Å²) in [5.41, 5.74) is 6.81. The second kappa shape index (κ2) is 10.5. The molecular weight excluding hydrogens is 402 g/mol. The number of ether oxygens (including phenoxy) is 1. The van der Waals surface area contributed by atoms with Gasteiger partial charge in [0.25, 0.3) is 5.91 Å². The Bertz CT molecular complexity index is 760. The summed E-state index contributed by atoms with van der Waals surface area (Å²) in [5.74, 6) is -0.312. The van der Waals surface area contributed by atoms with Crippen LogP contribution >= 0.6 is 12.4 Å². The predicted molar refractivity (Wildman–Crippen MR) is 112 cm³/mol. The number of benzene rings is 1. The van der Waals surface area contributed by atoms with Crippen molar-refractivity contribution in [2.45, 2.75) is 50.5 Å². The SMILES string of the molecule is CCc1ccc(C(=O)NCC(N)(CC)CC)cc1S(=O)(=O)N1CCOCC1.Cl. The molecule has 0 radical (unpaired) electrons. The number of sulfonamides is 1. The van der Waals surface area contributed by atoms with Gasteiger partial charge in [0, 0.05) is 30.7 Å². The van der Waals surface area contributed by atoms with Gasteiger partial charge in [-0.15, -0.1) is 12.4 Å². The Morgan fingerprint density at radius 2 is 1.82 bits per heavy atom. The fourth-order valence-corrected chi connectivity index (χ4v) is 4.74. The highest BCUT2D eigenvalue weighted by Gasteiger charge is 2.29. The van der Waals surface area contributed by atoms with Gasteiger partial charge in [0.05, 0.1) is 18.1 Å². The number of hydrogen-bond donors (Lipinski definition) is 2. The van der Waals surface area contributed by atoms with E-state index in [1.165, 1.54) is 10.4 Å². The summed E-state index contributed by atoms with van der Waals surface area (Å²) in [7, 11) is -3.66. The molecule has 1 heterocycles. The Morgan fingerprint density at radius 3 is 2.36 bits per heavy atom. The minimum absolute atomic E-state index is 0. The van der Waals surface area contributed by atoms with Crippen molar-refractivity contribution in [2.75, 3.05) is 32.8 Å². The lowest BCUT2D eigenvalue weighted by Crippen LogP contribution is -2.49. The van der Waals surface area contributed by atoms with Crippen LogP contribution in [0, 0.1) is 0 Å². The van der Waals surface area contributed by atoms with Crippen molar-refractivity contribution < 1.29 is 17.9 Å². The standard InChI is InChI=1S/C19H31N3O4S.ClH/c1-4-15-7-8-16(18(23)21-14-19(20,5-2)6-3)13-17(15)27(24,25)22-9-11-26-12-10-22;/h7-8,13H,4-6,9-12,14,20H2,1-3H3,(H,21,23);1H. The maximum Gasteiger partial charge on any atom is 0.251 e. The molecule has 1 aliphatic rings. The summed E-state index contributed by atoms with van der Waals surface area (Å²) in [6.07, 6.45) is 2.06. The molecule has 160 valence electrons. The van der Waals surface area contributed by atoms with Gasteiger partial charge in [-0.25, -0.2) is 8.42 Å². The van der Waals surface area contributed by atoms with Crippen LogP contribution in [0.1, 0.15) is 49.5 Å². The maximum absolute atomic E-state index is 13.1. The third-order valence-electron chi connectivity index (χ3n) is 5.31. The summed E-state index contributed by atoms with van der Waals surface area (Å²) in [6, 6.07) is 4.87. The second-order valence-electron chi connectivity index (χ2n) is 6.94. The fourth-order valence-electron chi connectivity index (χ4n) is 3.01. The summed E-state index contributed by atoms with van der Waals surface area (Å²) in [6.45, 7) is 7.63. The first-order chi connectivity index (χ1) is 12.8. The zero-order chi connectivity index (χ0) is 20.1. The Hall–Kier alpha value is -1.19. The van der Waals surface area contributed by atoms with E-state index in [0.29, 0.717) is 50.4 Å². The molecule has 1 amide bonds. The van der Waals surface area contributed by atoms with Crippen molar-refractivity contribution in [3.05, 3.63) is 29.3 Å². The van der Waals surface area contributed by atoms with Gasteiger partial charge in [-0.3, -0.25) is 4.79 Å². The highest BCUT2D eigenvalue weighted by Crippen LogP contribution is 2.23. The highest BCUT2D eigenvalue weighted by molar-refractivity contribution is 7.89. The third-order valence-corrected chi connectivity index (χ3v) is 7.29. The number of aryl methyl sites for hydroxylation is 1. The first-order valence-corrected chi connectivity index (χ1v) is 11.0. The summed E-state index contributed by atoms with van der Waals surface area (Å²) in [4.78, 5) is 12.8. The van der Waals surface area contributed by atoms with Crippen LogP contribution in [0.5, 0.6) is 0 Å². The van der Waals surface area contributed by atoms with E-state index >= 15 is 0 Å². The van der Waals surface area contributed by atoms with E-state index in [-0.39, 0.29) is 23.2 Å². The van der Waals surface area contributed by atoms with Gasteiger partial charge in [0.2, 0.25) is 10.0 Å². The number of rotatable bonds is 8. The topological polar surface area (TPSA) is 102 Å². The van der Waals surface area contributed by atoms with Gasteiger partial charge in [-0.05, 0) is 37.0 Å². The average Bonchev–Trinajstić information content (AvgIpc) is 2.71. The van der Waals surface area contributed by atoms with E-state index in [1.807, 2.05) is 20.8 Å². The zero-order valence-electron chi connectivity index (χ0n) is 16.9. The van der Waals surface area contributed by atoms with Gasteiger partial charge in [0.1, 0.15) is 0 Å². The Morgan fingerprint density at radius 1 is 1.21 bits per heavy atom. The molecule has 1 aliphatic heterocycles. The summed E-state index contributed by atoms with van der Waals surface area (Å²) < 4.78 is 32.8. The van der Waals surface area contributed by atoms with Crippen LogP contribution < -0.4 is 11.1 Å². The van der Waals surface area contributed by atoms with E-state index in [9.17, 15) is 13.2 Å². The number of morpholine rings is 1. The van der Waals surface area contributed by atoms with Gasteiger partial charge >= 0.3 is 0 Å². The van der Waals surface area contributed by atoms with Crippen LogP contribution in [0.25, 0.3) is 0 Å². The lowest BCUT2D eigenvalue weighted by molar-refractivity contribution is 0.0730. The highest BCUT2D eigenvalue weighted by atomic mass is 35.5. The predicted octanol–water partition coefficient (Wildman–Crippen LogP) is 1.94. The van der Waals surface area contributed by atoms with E-state index in [1.54, 1.807) is 12.1 Å². The van der Waals surface area contributed by atoms with Crippen molar-refractivity contribution in [1.82, 2.24) is 9.62 Å². The molecule has 1 aromatic carbocycles. The number of carbonyl (C=O) groups excluding carboxylic acids is 1. The van der Waals surface area contributed by atoms with Crippen LogP contribution in [0.15, 0.2) is 23.1 Å². The minimum Gasteiger partial charge on any atom is -0.379 e. The van der Waals surface area contributed by atoms with Crippen molar-refractivity contribution in [3.63, 3.8) is 0 Å². The van der Waals surface area contributed by atoms with Gasteiger partial charge in [-0.2, -0.15) is 4.31 Å². The average molecular weight is 434 g/mol. The third kappa shape index (κ3) is 5.67. The molecule has 2 rings (SSSR count). The molecule has 0 unspecified atom stereocenters. The molecule has 7 nitrogen and oxygen atoms in total. The summed E-state index contributed by atoms with van der Waals surface area (Å²) in [5, 5.41) is 2.84. The molecule has 0 spiro atoms. The molecule has 9 heteroatoms. The number of nitrogens with zero attached hydrogens (tertiary/aromatic N) is 1. The number of nitrogens with two attached hydrogens (primary N) is 1. The van der Waals surface area contributed by atoms with E-state index in [2.05, 4.69) is 5.32 Å². The lowest BCUT2D eigenvalue weighted by Gasteiger charge is -2.28. The van der Waals surface area contributed by atoms with Crippen LogP contribution in [0.4, 0.5) is 0 Å². The monoisotopic (exact) mass is 433 g/mol. The molecule has 1 aromatic rings. The van der Waals surface area contributed by atoms with Gasteiger partial charge < -0.3 is 15.8 Å². The fraction of sp³-hybridized carbons (Fsp3) is 0.632. The molecule has 0 saturated carbocycles. The number of hydrogen-bond acceptors (Lipinski definition) is 5. The first-order valence-electron chi connectivity index (χ1n) is 9.55. The molecule has 0 bridgehead atoms. The van der Waals surface area contributed by atoms with Crippen LogP contribution in [-0.4, -0.2) is 57.0 Å². The van der Waals surface area contributed by atoms with Crippen molar-refractivity contribution in [1.29, 1.82) is 0 Å². The normalized spacial score (nSPS) is 15.7. The number of carbonyl (C=O) groups is 1. The van der Waals surface area contributed by atoms with Crippen LogP contribution in [0.3, 0.4) is 0 Å². The Kier molecular flexibility index (Phi) is 9.36. The molecule has 1 fully saturated rings. The first kappa shape index (κ1) is 24.8. The van der Waals surface area contributed by atoms with Crippen molar-refractivity contribution in [2.24, 2.45) is 5.73 Å². The Labute approximate surface area is 174 Å². The second-order valence-corrected chi connectivity index (χ2v) is 8.85. The zero-order valence-corrected chi connectivity index (χ0v) is 18.5. The molecule has 0 atom stereocenters. The molecule has 3 N–H and O–H groups in total. The molecule has 28 heavy (non-hydrogen) atoms. The van der Waals surface area contributed by atoms with Gasteiger partial charge in [0.15, 0.2) is 0 Å². The molecular formula is C19H32ClN3O4S. The van der Waals surface area contributed by atoms with E-state index in [0.717, 1.165) is 12.8 Å². The minimum atomic E-state index is -3.66. The lowest BCUT2D eigenvalue weighted by atomic mass is 9.94. The van der Waals surface area contributed by atoms with Crippen LogP contribution in [0.2, 0.25) is 0 Å². The molecule has 0 aromatic heterocycles. The van der Waals surface area contributed by atoms with E-state index < -0.39 is 15.6 Å². The number of amides is 1. The number of nitrogens with one attached hydrogen (secondary N) is 1. The quantitative estimate of drug-likeness (QED) is 0.652. The maximum atomic E-state index is 13.1. The van der Waals surface area contributed by atoms with Crippen LogP contribution in [-0.2, 0) is 21.2 Å². The molecule has 0 aliphatic carbocycles. The summed E-state index contributed by atoms with van der Waals surface area (Å²) >= 11 is 0. The van der Waals surface area contributed by atoms with Gasteiger partial charge in [-0.1, -0.05) is 26.8 Å².